The van der Waals surface area contributed by atoms with Crippen molar-refractivity contribution >= 4 is 11.8 Å². The third-order valence-corrected chi connectivity index (χ3v) is 5.06. The molecule has 1 N–H and O–H groups in total. The van der Waals surface area contributed by atoms with Gasteiger partial charge in [0.15, 0.2) is 6.61 Å². The molecule has 0 spiro atoms. The van der Waals surface area contributed by atoms with Crippen molar-refractivity contribution in [2.24, 2.45) is 0 Å². The zero-order valence-corrected chi connectivity index (χ0v) is 19.1. The number of carbonyl (C=O) groups excluding carboxylic acids is 2. The van der Waals surface area contributed by atoms with Crippen molar-refractivity contribution < 1.29 is 18.7 Å². The van der Waals surface area contributed by atoms with Gasteiger partial charge in [-0.3, -0.25) is 9.59 Å². The average molecular weight is 429 g/mol. The van der Waals surface area contributed by atoms with Gasteiger partial charge in [-0.05, 0) is 36.5 Å². The second kappa shape index (κ2) is 10.9. The molecule has 0 bridgehead atoms. The maximum absolute atomic E-state index is 14.2. The molecule has 5 nitrogen and oxygen atoms in total. The lowest BCUT2D eigenvalue weighted by atomic mass is 9.86. The van der Waals surface area contributed by atoms with Crippen molar-refractivity contribution in [2.45, 2.75) is 59.0 Å². The Morgan fingerprint density at radius 1 is 1.10 bits per heavy atom. The summed E-state index contributed by atoms with van der Waals surface area (Å²) in [5.74, 6) is -0.453. The van der Waals surface area contributed by atoms with Crippen molar-refractivity contribution in [3.8, 4) is 5.75 Å². The standard InChI is InChI=1S/C25H33FN2O3/c1-6-15-27-24(30)18(2)28(16-19-11-7-9-13-21(19)26)23(29)17-31-22-14-10-8-12-20(22)25(3,4)5/h7-14,18H,6,15-17H2,1-5H3,(H,27,30)/t18-/m0/s1. The lowest BCUT2D eigenvalue weighted by molar-refractivity contribution is -0.142. The Bertz CT molecular complexity index is 892. The van der Waals surface area contributed by atoms with Gasteiger partial charge < -0.3 is 15.0 Å². The third-order valence-electron chi connectivity index (χ3n) is 5.06. The molecule has 0 radical (unpaired) electrons. The highest BCUT2D eigenvalue weighted by Gasteiger charge is 2.27. The number of rotatable bonds is 9. The zero-order valence-electron chi connectivity index (χ0n) is 19.1. The van der Waals surface area contributed by atoms with Crippen LogP contribution in [-0.4, -0.2) is 35.9 Å². The van der Waals surface area contributed by atoms with E-state index < -0.39 is 11.9 Å². The lowest BCUT2D eigenvalue weighted by Gasteiger charge is -2.29. The van der Waals surface area contributed by atoms with Gasteiger partial charge in [0.05, 0.1) is 0 Å². The van der Waals surface area contributed by atoms with E-state index in [2.05, 4.69) is 26.1 Å². The topological polar surface area (TPSA) is 58.6 Å². The molecule has 0 aliphatic rings. The Morgan fingerprint density at radius 2 is 1.74 bits per heavy atom. The van der Waals surface area contributed by atoms with Gasteiger partial charge in [-0.1, -0.05) is 64.1 Å². The SMILES string of the molecule is CCCNC(=O)[C@H](C)N(Cc1ccccc1F)C(=O)COc1ccccc1C(C)(C)C. The summed E-state index contributed by atoms with van der Waals surface area (Å²) in [7, 11) is 0. The van der Waals surface area contributed by atoms with Gasteiger partial charge >= 0.3 is 0 Å². The van der Waals surface area contributed by atoms with Crippen LogP contribution in [0.2, 0.25) is 0 Å². The van der Waals surface area contributed by atoms with E-state index in [9.17, 15) is 14.0 Å². The average Bonchev–Trinajstić information content (AvgIpc) is 2.74. The number of nitrogens with one attached hydrogen (secondary N) is 1. The van der Waals surface area contributed by atoms with Gasteiger partial charge in [-0.25, -0.2) is 4.39 Å². The molecule has 2 aromatic carbocycles. The summed E-state index contributed by atoms with van der Waals surface area (Å²) in [6.07, 6.45) is 0.784. The first-order valence-electron chi connectivity index (χ1n) is 10.7. The lowest BCUT2D eigenvalue weighted by Crippen LogP contribution is -2.49. The van der Waals surface area contributed by atoms with E-state index in [1.807, 2.05) is 31.2 Å². The first kappa shape index (κ1) is 24.4. The highest BCUT2D eigenvalue weighted by Crippen LogP contribution is 2.31. The molecule has 6 heteroatoms. The summed E-state index contributed by atoms with van der Waals surface area (Å²) in [4.78, 5) is 27.0. The fraction of sp³-hybridized carbons (Fsp3) is 0.440. The molecule has 0 fully saturated rings. The van der Waals surface area contributed by atoms with Crippen LogP contribution in [0.25, 0.3) is 0 Å². The van der Waals surface area contributed by atoms with Crippen LogP contribution in [0.4, 0.5) is 4.39 Å². The molecule has 0 saturated carbocycles. The minimum atomic E-state index is -0.764. The van der Waals surface area contributed by atoms with Crippen molar-refractivity contribution in [3.05, 3.63) is 65.5 Å². The minimum absolute atomic E-state index is 0.0174. The second-order valence-electron chi connectivity index (χ2n) is 8.61. The largest absolute Gasteiger partial charge is 0.483 e. The van der Waals surface area contributed by atoms with Crippen molar-refractivity contribution in [1.29, 1.82) is 0 Å². The molecule has 0 aromatic heterocycles. The molecule has 0 aliphatic carbocycles. The molecule has 2 amide bonds. The number of carbonyl (C=O) groups is 2. The van der Waals surface area contributed by atoms with Crippen LogP contribution < -0.4 is 10.1 Å². The number of amides is 2. The Morgan fingerprint density at radius 3 is 2.39 bits per heavy atom. The van der Waals surface area contributed by atoms with Gasteiger partial charge in [0.25, 0.3) is 5.91 Å². The molecule has 31 heavy (non-hydrogen) atoms. The van der Waals surface area contributed by atoms with Crippen LogP contribution in [0.1, 0.15) is 52.2 Å². The van der Waals surface area contributed by atoms with Crippen LogP contribution in [0, 0.1) is 5.82 Å². The predicted octanol–water partition coefficient (Wildman–Crippen LogP) is 4.45. The second-order valence-corrected chi connectivity index (χ2v) is 8.61. The molecular weight excluding hydrogens is 395 g/mol. The Balaban J connectivity index is 2.22. The van der Waals surface area contributed by atoms with E-state index in [4.69, 9.17) is 4.74 Å². The first-order chi connectivity index (χ1) is 14.6. The number of ether oxygens (including phenoxy) is 1. The molecular formula is C25H33FN2O3. The number of nitrogens with zero attached hydrogens (tertiary/aromatic N) is 1. The molecule has 2 aromatic rings. The smallest absolute Gasteiger partial charge is 0.261 e. The van der Waals surface area contributed by atoms with Crippen molar-refractivity contribution in [2.75, 3.05) is 13.2 Å². The summed E-state index contributed by atoms with van der Waals surface area (Å²) in [5.41, 5.74) is 1.18. The minimum Gasteiger partial charge on any atom is -0.483 e. The van der Waals surface area contributed by atoms with E-state index >= 15 is 0 Å². The molecule has 0 unspecified atom stereocenters. The van der Waals surface area contributed by atoms with E-state index in [0.29, 0.717) is 17.9 Å². The van der Waals surface area contributed by atoms with Gasteiger partial charge in [-0.15, -0.1) is 0 Å². The summed E-state index contributed by atoms with van der Waals surface area (Å²) in [6, 6.07) is 13.1. The van der Waals surface area contributed by atoms with E-state index in [1.165, 1.54) is 11.0 Å². The fourth-order valence-corrected chi connectivity index (χ4v) is 3.22. The van der Waals surface area contributed by atoms with Crippen molar-refractivity contribution in [1.82, 2.24) is 10.2 Å². The number of hydrogen-bond donors (Lipinski definition) is 1. The summed E-state index contributed by atoms with van der Waals surface area (Å²) in [5, 5.41) is 2.80. The van der Waals surface area contributed by atoms with E-state index in [0.717, 1.165) is 12.0 Å². The molecule has 0 saturated heterocycles. The van der Waals surface area contributed by atoms with Crippen LogP contribution in [0.15, 0.2) is 48.5 Å². The Hall–Kier alpha value is -2.89. The Kier molecular flexibility index (Phi) is 8.60. The number of para-hydroxylation sites is 1. The van der Waals surface area contributed by atoms with Crippen LogP contribution in [0.3, 0.4) is 0 Å². The van der Waals surface area contributed by atoms with Gasteiger partial charge in [0.1, 0.15) is 17.6 Å². The normalized spacial score (nSPS) is 12.2. The van der Waals surface area contributed by atoms with Crippen LogP contribution >= 0.6 is 0 Å². The maximum atomic E-state index is 14.2. The van der Waals surface area contributed by atoms with Crippen LogP contribution in [0.5, 0.6) is 5.75 Å². The first-order valence-corrected chi connectivity index (χ1v) is 10.7. The monoisotopic (exact) mass is 428 g/mol. The highest BCUT2D eigenvalue weighted by molar-refractivity contribution is 5.88. The third kappa shape index (κ3) is 6.81. The molecule has 0 aliphatic heterocycles. The summed E-state index contributed by atoms with van der Waals surface area (Å²) < 4.78 is 20.1. The molecule has 2 rings (SSSR count). The fourth-order valence-electron chi connectivity index (χ4n) is 3.22. The zero-order chi connectivity index (χ0) is 23.0. The predicted molar refractivity (Wildman–Crippen MR) is 120 cm³/mol. The summed E-state index contributed by atoms with van der Waals surface area (Å²) >= 11 is 0. The molecule has 168 valence electrons. The quantitative estimate of drug-likeness (QED) is 0.642. The number of halogens is 1. The van der Waals surface area contributed by atoms with Gasteiger partial charge in [0, 0.05) is 18.7 Å². The summed E-state index contributed by atoms with van der Waals surface area (Å²) in [6.45, 7) is 10.1. The number of benzene rings is 2. The van der Waals surface area contributed by atoms with Crippen molar-refractivity contribution in [3.63, 3.8) is 0 Å². The van der Waals surface area contributed by atoms with E-state index in [1.54, 1.807) is 25.1 Å². The highest BCUT2D eigenvalue weighted by atomic mass is 19.1. The van der Waals surface area contributed by atoms with Gasteiger partial charge in [-0.2, -0.15) is 0 Å². The maximum Gasteiger partial charge on any atom is 0.261 e. The van der Waals surface area contributed by atoms with Crippen LogP contribution in [-0.2, 0) is 21.5 Å². The number of hydrogen-bond acceptors (Lipinski definition) is 3. The molecule has 1 atom stereocenters. The Labute approximate surface area is 184 Å². The van der Waals surface area contributed by atoms with E-state index in [-0.39, 0.29) is 30.4 Å². The molecule has 0 heterocycles. The van der Waals surface area contributed by atoms with Gasteiger partial charge in [0.2, 0.25) is 5.91 Å².